The average Bonchev–Trinajstić information content (AvgIpc) is 2.94. The zero-order valence-electron chi connectivity index (χ0n) is 21.7. The van der Waals surface area contributed by atoms with Gasteiger partial charge in [-0.1, -0.05) is 92.6 Å². The number of unbranched alkanes of at least 4 members (excludes halogenated alkanes) is 2. The highest BCUT2D eigenvalue weighted by Gasteiger charge is 2.28. The molecule has 3 aromatic rings. The fourth-order valence-electron chi connectivity index (χ4n) is 4.98. The summed E-state index contributed by atoms with van der Waals surface area (Å²) in [4.78, 5) is 28.0. The number of para-hydroxylation sites is 1. The van der Waals surface area contributed by atoms with Gasteiger partial charge < -0.3 is 16.0 Å². The number of benzene rings is 3. The molecule has 194 valence electrons. The Balaban J connectivity index is 1.35. The predicted molar refractivity (Wildman–Crippen MR) is 150 cm³/mol. The SMILES string of the molecule is CCCCCNC(=O)Nc1ccccc1C(=O)NC1CCN(C(c2ccccc2)c2ccccc2)CC1. The number of nitrogens with one attached hydrogen (secondary N) is 3. The number of hydrogen-bond acceptors (Lipinski definition) is 3. The van der Waals surface area contributed by atoms with Crippen molar-refractivity contribution >= 4 is 17.6 Å². The van der Waals surface area contributed by atoms with Crippen LogP contribution in [0.5, 0.6) is 0 Å². The van der Waals surface area contributed by atoms with E-state index >= 15 is 0 Å². The van der Waals surface area contributed by atoms with Crippen LogP contribution in [-0.4, -0.2) is 42.5 Å². The fourth-order valence-corrected chi connectivity index (χ4v) is 4.98. The van der Waals surface area contributed by atoms with Gasteiger partial charge >= 0.3 is 6.03 Å². The largest absolute Gasteiger partial charge is 0.349 e. The van der Waals surface area contributed by atoms with Gasteiger partial charge in [0.1, 0.15) is 0 Å². The van der Waals surface area contributed by atoms with Gasteiger partial charge in [0.05, 0.1) is 17.3 Å². The standard InChI is InChI=1S/C31H38N4O2/c1-2-3-12-21-32-31(37)34-28-18-11-10-17-27(28)30(36)33-26-19-22-35(23-20-26)29(24-13-6-4-7-14-24)25-15-8-5-9-16-25/h4-11,13-18,26,29H,2-3,12,19-23H2,1H3,(H,33,36)(H2,32,34,37). The average molecular weight is 499 g/mol. The lowest BCUT2D eigenvalue weighted by Crippen LogP contribution is -2.46. The molecule has 1 fully saturated rings. The summed E-state index contributed by atoms with van der Waals surface area (Å²) >= 11 is 0. The van der Waals surface area contributed by atoms with Crippen LogP contribution in [0.4, 0.5) is 10.5 Å². The van der Waals surface area contributed by atoms with Crippen molar-refractivity contribution < 1.29 is 9.59 Å². The lowest BCUT2D eigenvalue weighted by atomic mass is 9.94. The Kier molecular flexibility index (Phi) is 9.72. The molecule has 0 aromatic heterocycles. The zero-order valence-corrected chi connectivity index (χ0v) is 21.7. The number of likely N-dealkylation sites (tertiary alicyclic amines) is 1. The van der Waals surface area contributed by atoms with Crippen LogP contribution in [0.15, 0.2) is 84.9 Å². The molecule has 3 aromatic carbocycles. The van der Waals surface area contributed by atoms with Gasteiger partial charge in [-0.05, 0) is 42.5 Å². The molecular formula is C31H38N4O2. The second-order valence-electron chi connectivity index (χ2n) is 9.64. The minimum Gasteiger partial charge on any atom is -0.349 e. The van der Waals surface area contributed by atoms with E-state index in [0.29, 0.717) is 17.8 Å². The van der Waals surface area contributed by atoms with Gasteiger partial charge in [-0.2, -0.15) is 0 Å². The van der Waals surface area contributed by atoms with Crippen molar-refractivity contribution in [2.75, 3.05) is 25.0 Å². The van der Waals surface area contributed by atoms with E-state index in [1.165, 1.54) is 11.1 Å². The summed E-state index contributed by atoms with van der Waals surface area (Å²) in [7, 11) is 0. The smallest absolute Gasteiger partial charge is 0.319 e. The third kappa shape index (κ3) is 7.43. The minimum atomic E-state index is -0.280. The molecular weight excluding hydrogens is 460 g/mol. The summed E-state index contributed by atoms with van der Waals surface area (Å²) in [6.07, 6.45) is 4.87. The van der Waals surface area contributed by atoms with Crippen LogP contribution in [-0.2, 0) is 0 Å². The quantitative estimate of drug-likeness (QED) is 0.301. The second kappa shape index (κ2) is 13.6. The van der Waals surface area contributed by atoms with Gasteiger partial charge in [-0.15, -0.1) is 0 Å². The molecule has 0 bridgehead atoms. The molecule has 6 nitrogen and oxygen atoms in total. The van der Waals surface area contributed by atoms with Crippen LogP contribution >= 0.6 is 0 Å². The molecule has 1 aliphatic rings. The Hall–Kier alpha value is -3.64. The van der Waals surface area contributed by atoms with Crippen LogP contribution in [0.1, 0.15) is 66.6 Å². The lowest BCUT2D eigenvalue weighted by Gasteiger charge is -2.38. The van der Waals surface area contributed by atoms with Crippen molar-refractivity contribution in [3.05, 3.63) is 102 Å². The summed E-state index contributed by atoms with van der Waals surface area (Å²) in [5, 5.41) is 8.92. The van der Waals surface area contributed by atoms with Crippen LogP contribution < -0.4 is 16.0 Å². The maximum Gasteiger partial charge on any atom is 0.319 e. The van der Waals surface area contributed by atoms with Gasteiger partial charge in [0.2, 0.25) is 0 Å². The molecule has 4 rings (SSSR count). The summed E-state index contributed by atoms with van der Waals surface area (Å²) < 4.78 is 0. The summed E-state index contributed by atoms with van der Waals surface area (Å²) in [6.45, 7) is 4.53. The van der Waals surface area contributed by atoms with Crippen LogP contribution in [0, 0.1) is 0 Å². The van der Waals surface area contributed by atoms with E-state index in [9.17, 15) is 9.59 Å². The summed E-state index contributed by atoms with van der Waals surface area (Å²) in [6, 6.07) is 28.4. The Labute approximate surface area is 220 Å². The van der Waals surface area contributed by atoms with E-state index in [4.69, 9.17) is 0 Å². The lowest BCUT2D eigenvalue weighted by molar-refractivity contribution is 0.0901. The molecule has 0 radical (unpaired) electrons. The maximum atomic E-state index is 13.2. The summed E-state index contributed by atoms with van der Waals surface area (Å²) in [5.74, 6) is -0.150. The molecule has 1 aliphatic heterocycles. The van der Waals surface area contributed by atoms with Gasteiger partial charge in [-0.3, -0.25) is 9.69 Å². The summed E-state index contributed by atoms with van der Waals surface area (Å²) in [5.41, 5.74) is 3.58. The Bertz CT molecular complexity index is 1090. The first-order chi connectivity index (χ1) is 18.2. The molecule has 0 saturated carbocycles. The van der Waals surface area contributed by atoms with E-state index < -0.39 is 0 Å². The highest BCUT2D eigenvalue weighted by Crippen LogP contribution is 2.31. The van der Waals surface area contributed by atoms with Crippen molar-refractivity contribution in [1.29, 1.82) is 0 Å². The van der Waals surface area contributed by atoms with Crippen LogP contribution in [0.3, 0.4) is 0 Å². The molecule has 3 amide bonds. The number of nitrogens with zero attached hydrogens (tertiary/aromatic N) is 1. The third-order valence-corrected chi connectivity index (χ3v) is 6.95. The van der Waals surface area contributed by atoms with Crippen molar-refractivity contribution in [3.8, 4) is 0 Å². The molecule has 0 spiro atoms. The van der Waals surface area contributed by atoms with E-state index in [-0.39, 0.29) is 24.0 Å². The highest BCUT2D eigenvalue weighted by atomic mass is 16.2. The number of anilines is 1. The van der Waals surface area contributed by atoms with Crippen molar-refractivity contribution in [2.24, 2.45) is 0 Å². The molecule has 1 heterocycles. The van der Waals surface area contributed by atoms with Crippen molar-refractivity contribution in [3.63, 3.8) is 0 Å². The number of rotatable bonds is 10. The van der Waals surface area contributed by atoms with Crippen molar-refractivity contribution in [1.82, 2.24) is 15.5 Å². The van der Waals surface area contributed by atoms with E-state index in [1.54, 1.807) is 12.1 Å². The van der Waals surface area contributed by atoms with E-state index in [2.05, 4.69) is 88.4 Å². The van der Waals surface area contributed by atoms with Crippen LogP contribution in [0.25, 0.3) is 0 Å². The Morgan fingerprint density at radius 2 is 1.43 bits per heavy atom. The Morgan fingerprint density at radius 1 is 0.838 bits per heavy atom. The number of urea groups is 1. The molecule has 6 heteroatoms. The first-order valence-corrected chi connectivity index (χ1v) is 13.4. The molecule has 3 N–H and O–H groups in total. The monoisotopic (exact) mass is 498 g/mol. The van der Waals surface area contributed by atoms with E-state index in [1.807, 2.05) is 12.1 Å². The van der Waals surface area contributed by atoms with Gasteiger partial charge in [0, 0.05) is 25.7 Å². The molecule has 37 heavy (non-hydrogen) atoms. The minimum absolute atomic E-state index is 0.0897. The topological polar surface area (TPSA) is 73.5 Å². The molecule has 0 aliphatic carbocycles. The Morgan fingerprint density at radius 3 is 2.05 bits per heavy atom. The number of amides is 3. The van der Waals surface area contributed by atoms with E-state index in [0.717, 1.165) is 45.2 Å². The number of hydrogen-bond donors (Lipinski definition) is 3. The van der Waals surface area contributed by atoms with Gasteiger partial charge in [0.25, 0.3) is 5.91 Å². The number of carbonyl (C=O) groups excluding carboxylic acids is 2. The molecule has 0 atom stereocenters. The maximum absolute atomic E-state index is 13.2. The predicted octanol–water partition coefficient (Wildman–Crippen LogP) is 5.98. The van der Waals surface area contributed by atoms with Crippen LogP contribution in [0.2, 0.25) is 0 Å². The fraction of sp³-hybridized carbons (Fsp3) is 0.355. The normalized spacial score (nSPS) is 14.3. The number of carbonyl (C=O) groups is 2. The molecule has 1 saturated heterocycles. The first kappa shape index (κ1) is 26.4. The highest BCUT2D eigenvalue weighted by molar-refractivity contribution is 6.03. The zero-order chi connectivity index (χ0) is 25.9. The van der Waals surface area contributed by atoms with Gasteiger partial charge in [0.15, 0.2) is 0 Å². The molecule has 0 unspecified atom stereocenters. The number of piperidine rings is 1. The third-order valence-electron chi connectivity index (χ3n) is 6.95. The van der Waals surface area contributed by atoms with Gasteiger partial charge in [-0.25, -0.2) is 4.79 Å². The first-order valence-electron chi connectivity index (χ1n) is 13.4. The van der Waals surface area contributed by atoms with Crippen molar-refractivity contribution in [2.45, 2.75) is 51.1 Å². The second-order valence-corrected chi connectivity index (χ2v) is 9.64.